The first-order chi connectivity index (χ1) is 17.6. The summed E-state index contributed by atoms with van der Waals surface area (Å²) in [5, 5.41) is 9.92. The van der Waals surface area contributed by atoms with Gasteiger partial charge < -0.3 is 15.4 Å². The minimum absolute atomic E-state index is 0.131. The third-order valence-corrected chi connectivity index (χ3v) is 7.50. The molecule has 0 spiro atoms. The molecule has 2 fully saturated rings. The molecule has 0 unspecified atom stereocenters. The fourth-order valence-electron chi connectivity index (χ4n) is 5.54. The molecule has 2 N–H and O–H groups in total. The number of likely N-dealkylation sites (tertiary alicyclic amines) is 1. The Labute approximate surface area is 209 Å². The maximum absolute atomic E-state index is 13.1. The van der Waals surface area contributed by atoms with Gasteiger partial charge in [-0.25, -0.2) is 18.6 Å². The summed E-state index contributed by atoms with van der Waals surface area (Å²) in [7, 11) is 0. The number of rotatable bonds is 6. The van der Waals surface area contributed by atoms with Crippen molar-refractivity contribution in [2.45, 2.75) is 38.9 Å². The Bertz CT molecular complexity index is 1420. The van der Waals surface area contributed by atoms with Gasteiger partial charge in [-0.15, -0.1) is 5.10 Å². The van der Waals surface area contributed by atoms with E-state index in [1.165, 1.54) is 21.9 Å². The van der Waals surface area contributed by atoms with Gasteiger partial charge in [0.2, 0.25) is 5.95 Å². The van der Waals surface area contributed by atoms with Gasteiger partial charge >= 0.3 is 5.69 Å². The molecule has 36 heavy (non-hydrogen) atoms. The molecule has 0 aliphatic carbocycles. The van der Waals surface area contributed by atoms with Crippen molar-refractivity contribution in [2.75, 3.05) is 51.7 Å². The Kier molecular flexibility index (Phi) is 6.20. The number of nitrogens with two attached hydrogens (primary N) is 1. The molecule has 1 aromatic carbocycles. The summed E-state index contributed by atoms with van der Waals surface area (Å²) in [6, 6.07) is 8.72. The predicted octanol–water partition coefficient (Wildman–Crippen LogP) is 0.976. The monoisotopic (exact) mass is 491 g/mol. The van der Waals surface area contributed by atoms with Gasteiger partial charge in [-0.3, -0.25) is 4.90 Å². The molecule has 2 saturated heterocycles. The molecular weight excluding hydrogens is 458 g/mol. The number of ether oxygens (including phenoxy) is 1. The number of nitrogen functional groups attached to an aromatic ring is 1. The summed E-state index contributed by atoms with van der Waals surface area (Å²) < 4.78 is 10.2. The lowest BCUT2D eigenvalue weighted by atomic mass is 10.0. The van der Waals surface area contributed by atoms with Gasteiger partial charge in [0, 0.05) is 25.7 Å². The van der Waals surface area contributed by atoms with Crippen LogP contribution >= 0.6 is 0 Å². The van der Waals surface area contributed by atoms with Gasteiger partial charge in [0.05, 0.1) is 37.9 Å². The minimum atomic E-state index is -0.297. The zero-order chi connectivity index (χ0) is 24.6. The second-order valence-corrected chi connectivity index (χ2v) is 9.88. The standard InChI is InChI=1S/C25H33N9O2/c1-18-3-2-4-19(15-18)17-33-25(35)34-23(29-33)21-16-27-32(22(21)28-24(34)26)10-9-30-7-5-20(6-8-30)31-11-13-36-14-12-31/h2-4,15-16,20H,5-14,17H2,1H3,(H2,26,28). The van der Waals surface area contributed by atoms with Crippen LogP contribution in [0.4, 0.5) is 5.95 Å². The highest BCUT2D eigenvalue weighted by Crippen LogP contribution is 2.20. The normalized spacial score (nSPS) is 18.5. The van der Waals surface area contributed by atoms with Crippen LogP contribution in [0.2, 0.25) is 0 Å². The first kappa shape index (κ1) is 23.1. The van der Waals surface area contributed by atoms with E-state index in [1.807, 2.05) is 29.8 Å². The topological polar surface area (TPSA) is 112 Å². The molecule has 6 rings (SSSR count). The van der Waals surface area contributed by atoms with Crippen LogP contribution in [-0.2, 0) is 17.8 Å². The average molecular weight is 492 g/mol. The van der Waals surface area contributed by atoms with Crippen molar-refractivity contribution in [1.29, 1.82) is 0 Å². The molecule has 0 saturated carbocycles. The van der Waals surface area contributed by atoms with E-state index >= 15 is 0 Å². The van der Waals surface area contributed by atoms with E-state index in [0.717, 1.165) is 62.5 Å². The van der Waals surface area contributed by atoms with Crippen LogP contribution in [0.1, 0.15) is 24.0 Å². The molecule has 2 aliphatic rings. The first-order valence-electron chi connectivity index (χ1n) is 12.8. The number of anilines is 1. The third kappa shape index (κ3) is 4.38. The smallest absolute Gasteiger partial charge is 0.353 e. The van der Waals surface area contributed by atoms with E-state index in [0.29, 0.717) is 30.4 Å². The van der Waals surface area contributed by atoms with Crippen LogP contribution in [0.5, 0.6) is 0 Å². The number of fused-ring (bicyclic) bond motifs is 3. The summed E-state index contributed by atoms with van der Waals surface area (Å²) in [5.41, 5.74) is 9.25. The lowest BCUT2D eigenvalue weighted by molar-refractivity contribution is 0.000640. The Morgan fingerprint density at radius 3 is 2.64 bits per heavy atom. The molecule has 11 heteroatoms. The highest BCUT2D eigenvalue weighted by atomic mass is 16.5. The number of piperidine rings is 1. The van der Waals surface area contributed by atoms with Gasteiger partial charge in [-0.05, 0) is 38.4 Å². The second kappa shape index (κ2) is 9.64. The van der Waals surface area contributed by atoms with E-state index < -0.39 is 0 Å². The van der Waals surface area contributed by atoms with Crippen molar-refractivity contribution in [1.82, 2.24) is 38.7 Å². The molecular formula is C25H33N9O2. The summed E-state index contributed by atoms with van der Waals surface area (Å²) in [6.45, 7) is 9.99. The Hall–Kier alpha value is -3.28. The molecule has 5 heterocycles. The zero-order valence-electron chi connectivity index (χ0n) is 20.7. The van der Waals surface area contributed by atoms with Crippen LogP contribution in [0.15, 0.2) is 35.3 Å². The van der Waals surface area contributed by atoms with E-state index in [4.69, 9.17) is 10.5 Å². The number of hydrogen-bond acceptors (Lipinski definition) is 8. The van der Waals surface area contributed by atoms with Gasteiger partial charge in [0.25, 0.3) is 0 Å². The van der Waals surface area contributed by atoms with Gasteiger partial charge in [-0.2, -0.15) is 10.1 Å². The van der Waals surface area contributed by atoms with Crippen molar-refractivity contribution >= 4 is 22.6 Å². The molecule has 11 nitrogen and oxygen atoms in total. The first-order valence-corrected chi connectivity index (χ1v) is 12.8. The summed E-state index contributed by atoms with van der Waals surface area (Å²) in [4.78, 5) is 22.7. The molecule has 0 amide bonds. The van der Waals surface area contributed by atoms with E-state index in [2.05, 4.69) is 31.0 Å². The van der Waals surface area contributed by atoms with Crippen molar-refractivity contribution in [3.05, 3.63) is 52.1 Å². The van der Waals surface area contributed by atoms with Crippen LogP contribution < -0.4 is 11.4 Å². The highest BCUT2D eigenvalue weighted by molar-refractivity contribution is 5.89. The van der Waals surface area contributed by atoms with Crippen molar-refractivity contribution in [3.63, 3.8) is 0 Å². The Morgan fingerprint density at radius 1 is 1.06 bits per heavy atom. The summed E-state index contributed by atoms with van der Waals surface area (Å²) in [5.74, 6) is 0.131. The maximum atomic E-state index is 13.1. The Balaban J connectivity index is 1.18. The molecule has 4 aromatic rings. The number of benzene rings is 1. The lowest BCUT2D eigenvalue weighted by Gasteiger charge is -2.40. The minimum Gasteiger partial charge on any atom is -0.379 e. The van der Waals surface area contributed by atoms with Crippen LogP contribution in [0, 0.1) is 6.92 Å². The maximum Gasteiger partial charge on any atom is 0.353 e. The second-order valence-electron chi connectivity index (χ2n) is 9.88. The summed E-state index contributed by atoms with van der Waals surface area (Å²) >= 11 is 0. The molecule has 0 bridgehead atoms. The van der Waals surface area contributed by atoms with Crippen molar-refractivity contribution in [3.8, 4) is 0 Å². The molecule has 0 radical (unpaired) electrons. The van der Waals surface area contributed by atoms with Crippen molar-refractivity contribution in [2.24, 2.45) is 0 Å². The average Bonchev–Trinajstić information content (AvgIpc) is 3.44. The van der Waals surface area contributed by atoms with Gasteiger partial charge in [0.15, 0.2) is 11.3 Å². The predicted molar refractivity (Wildman–Crippen MR) is 137 cm³/mol. The molecule has 2 aliphatic heterocycles. The van der Waals surface area contributed by atoms with Gasteiger partial charge in [-0.1, -0.05) is 29.8 Å². The Morgan fingerprint density at radius 2 is 1.86 bits per heavy atom. The van der Waals surface area contributed by atoms with Crippen molar-refractivity contribution < 1.29 is 4.74 Å². The summed E-state index contributed by atoms with van der Waals surface area (Å²) in [6.07, 6.45) is 4.12. The molecule has 3 aromatic heterocycles. The van der Waals surface area contributed by atoms with E-state index in [-0.39, 0.29) is 11.6 Å². The van der Waals surface area contributed by atoms with Crippen LogP contribution in [0.3, 0.4) is 0 Å². The molecule has 190 valence electrons. The quantitative estimate of drug-likeness (QED) is 0.425. The fourth-order valence-corrected chi connectivity index (χ4v) is 5.54. The largest absolute Gasteiger partial charge is 0.379 e. The SMILES string of the molecule is Cc1cccc(Cn2nc3c4cnn(CCN5CCC(N6CCOCC6)CC5)c4nc(N)n3c2=O)c1. The van der Waals surface area contributed by atoms with E-state index in [9.17, 15) is 4.79 Å². The number of nitrogens with zero attached hydrogens (tertiary/aromatic N) is 8. The van der Waals surface area contributed by atoms with Crippen LogP contribution in [0.25, 0.3) is 16.7 Å². The fraction of sp³-hybridized carbons (Fsp3) is 0.520. The number of morpholine rings is 1. The number of hydrogen-bond donors (Lipinski definition) is 1. The zero-order valence-corrected chi connectivity index (χ0v) is 20.7. The highest BCUT2D eigenvalue weighted by Gasteiger charge is 2.26. The van der Waals surface area contributed by atoms with E-state index in [1.54, 1.807) is 6.20 Å². The third-order valence-electron chi connectivity index (χ3n) is 7.50. The number of aryl methyl sites for hydroxylation is 1. The number of aromatic nitrogens is 6. The van der Waals surface area contributed by atoms with Gasteiger partial charge in [0.1, 0.15) is 0 Å². The molecule has 0 atom stereocenters. The lowest BCUT2D eigenvalue weighted by Crippen LogP contribution is -2.49. The van der Waals surface area contributed by atoms with Crippen LogP contribution in [-0.4, -0.2) is 90.7 Å².